The Labute approximate surface area is 192 Å². The molecule has 1 unspecified atom stereocenters. The summed E-state index contributed by atoms with van der Waals surface area (Å²) < 4.78 is 53.4. The Balaban J connectivity index is 1.90. The molecule has 172 valence electrons. The van der Waals surface area contributed by atoms with E-state index in [1.54, 1.807) is 12.1 Å². The van der Waals surface area contributed by atoms with E-state index >= 15 is 0 Å². The number of sulfonamides is 1. The van der Waals surface area contributed by atoms with Gasteiger partial charge in [0.2, 0.25) is 15.8 Å². The van der Waals surface area contributed by atoms with Crippen LogP contribution in [0.3, 0.4) is 0 Å². The van der Waals surface area contributed by atoms with Crippen LogP contribution in [0.25, 0.3) is 32.7 Å². The van der Waals surface area contributed by atoms with Crippen LogP contribution in [0.2, 0.25) is 0 Å². The lowest BCUT2D eigenvalue weighted by atomic mass is 9.98. The van der Waals surface area contributed by atoms with Crippen molar-refractivity contribution < 1.29 is 16.8 Å². The lowest BCUT2D eigenvalue weighted by Crippen LogP contribution is -2.27. The number of benzene rings is 2. The average molecular weight is 507 g/mol. The third-order valence-electron chi connectivity index (χ3n) is 5.46. The Morgan fingerprint density at radius 1 is 1.09 bits per heavy atom. The molecule has 3 heterocycles. The fourth-order valence-electron chi connectivity index (χ4n) is 4.04. The van der Waals surface area contributed by atoms with Gasteiger partial charge in [0.1, 0.15) is 4.90 Å². The van der Waals surface area contributed by atoms with E-state index in [0.717, 1.165) is 4.70 Å². The number of sulfone groups is 1. The number of anilines is 1. The van der Waals surface area contributed by atoms with Crippen LogP contribution in [0.15, 0.2) is 40.1 Å². The molecular formula is C18H18N8O4S3. The lowest BCUT2D eigenvalue weighted by Gasteiger charge is -2.18. The van der Waals surface area contributed by atoms with E-state index in [9.17, 15) is 16.8 Å². The van der Waals surface area contributed by atoms with Gasteiger partial charge in [0.05, 0.1) is 25.9 Å². The second kappa shape index (κ2) is 7.81. The summed E-state index contributed by atoms with van der Waals surface area (Å²) in [6.07, 6.45) is 0.350. The summed E-state index contributed by atoms with van der Waals surface area (Å²) in [6.45, 7) is 0.723. The summed E-state index contributed by atoms with van der Waals surface area (Å²) in [4.78, 5) is 3.39. The van der Waals surface area contributed by atoms with Crippen molar-refractivity contribution in [3.8, 4) is 22.5 Å². The summed E-state index contributed by atoms with van der Waals surface area (Å²) in [5, 5.41) is 21.8. The first kappa shape index (κ1) is 21.8. The standard InChI is InChI=1S/C18H18N8O4S3/c19-18-22-15-11(2-1-3-12(15)31-18)10-4-5-13(32(27,28)9-6-7-21-8-9)16(33(20,29)30)14(10)17-23-25-26-24-17/h1-5,9,21H,6-8H2,(H2,19,22)(H2,20,29,30)(H,23,24,25,26). The predicted octanol–water partition coefficient (Wildman–Crippen LogP) is 0.509. The zero-order chi connectivity index (χ0) is 23.4. The molecule has 1 saturated heterocycles. The smallest absolute Gasteiger partial charge is 0.240 e. The normalized spacial score (nSPS) is 17.1. The number of nitrogen functional groups attached to an aromatic ring is 1. The van der Waals surface area contributed by atoms with Gasteiger partial charge >= 0.3 is 0 Å². The van der Waals surface area contributed by atoms with Crippen molar-refractivity contribution in [3.63, 3.8) is 0 Å². The molecule has 1 aliphatic rings. The number of tetrazole rings is 1. The number of nitrogens with zero attached hydrogens (tertiary/aromatic N) is 4. The molecule has 0 bridgehead atoms. The fourth-order valence-corrected chi connectivity index (χ4v) is 8.07. The van der Waals surface area contributed by atoms with Crippen LogP contribution in [-0.2, 0) is 19.9 Å². The van der Waals surface area contributed by atoms with Crippen LogP contribution in [0, 0.1) is 0 Å². The molecule has 1 aliphatic heterocycles. The number of thiazole rings is 1. The zero-order valence-electron chi connectivity index (χ0n) is 16.9. The molecule has 5 rings (SSSR count). The zero-order valence-corrected chi connectivity index (χ0v) is 19.3. The summed E-state index contributed by atoms with van der Waals surface area (Å²) in [5.41, 5.74) is 7.20. The molecule has 1 atom stereocenters. The minimum absolute atomic E-state index is 0.0719. The van der Waals surface area contributed by atoms with E-state index in [0.29, 0.717) is 34.7 Å². The third kappa shape index (κ3) is 3.67. The van der Waals surface area contributed by atoms with Gasteiger partial charge in [-0.25, -0.2) is 27.0 Å². The summed E-state index contributed by atoms with van der Waals surface area (Å²) in [5.74, 6) is -0.115. The minimum atomic E-state index is -4.55. The van der Waals surface area contributed by atoms with Crippen molar-refractivity contribution in [2.45, 2.75) is 21.5 Å². The molecule has 0 radical (unpaired) electrons. The molecule has 2 aromatic heterocycles. The molecule has 2 aromatic carbocycles. The highest BCUT2D eigenvalue weighted by atomic mass is 32.2. The van der Waals surface area contributed by atoms with Crippen LogP contribution in [-0.4, -0.2) is 60.8 Å². The van der Waals surface area contributed by atoms with E-state index in [1.165, 1.54) is 23.5 Å². The topological polar surface area (TPSA) is 200 Å². The van der Waals surface area contributed by atoms with Gasteiger partial charge in [-0.1, -0.05) is 29.5 Å². The second-order valence-electron chi connectivity index (χ2n) is 7.46. The first-order valence-corrected chi connectivity index (χ1v) is 13.6. The Hall–Kier alpha value is -2.98. The molecule has 15 heteroatoms. The number of nitrogens with one attached hydrogen (secondary N) is 2. The van der Waals surface area contributed by atoms with Gasteiger partial charge in [0.15, 0.2) is 15.0 Å². The van der Waals surface area contributed by atoms with Gasteiger partial charge < -0.3 is 11.1 Å². The number of para-hydroxylation sites is 1. The monoisotopic (exact) mass is 506 g/mol. The Morgan fingerprint density at radius 3 is 2.58 bits per heavy atom. The fraction of sp³-hybridized carbons (Fsp3) is 0.222. The molecular weight excluding hydrogens is 488 g/mol. The average Bonchev–Trinajstić information content (AvgIpc) is 3.52. The molecule has 0 spiro atoms. The van der Waals surface area contributed by atoms with E-state index in [2.05, 4.69) is 30.9 Å². The number of hydrogen-bond donors (Lipinski definition) is 4. The number of nitrogens with two attached hydrogens (primary N) is 2. The summed E-state index contributed by atoms with van der Waals surface area (Å²) >= 11 is 1.27. The van der Waals surface area contributed by atoms with Crippen molar-refractivity contribution in [2.24, 2.45) is 5.14 Å². The highest BCUT2D eigenvalue weighted by molar-refractivity contribution is 7.94. The van der Waals surface area contributed by atoms with E-state index in [4.69, 9.17) is 10.9 Å². The van der Waals surface area contributed by atoms with Crippen molar-refractivity contribution in [3.05, 3.63) is 30.3 Å². The highest BCUT2D eigenvalue weighted by Crippen LogP contribution is 2.42. The largest absolute Gasteiger partial charge is 0.375 e. The number of primary sulfonamides is 1. The SMILES string of the molecule is Nc1nc2c(-c3ccc(S(=O)(=O)C4CCNC4)c(S(N)(=O)=O)c3-c3nn[nH]n3)cccc2s1. The molecule has 12 nitrogen and oxygen atoms in total. The first-order chi connectivity index (χ1) is 15.7. The Kier molecular flexibility index (Phi) is 5.17. The maximum Gasteiger partial charge on any atom is 0.240 e. The lowest BCUT2D eigenvalue weighted by molar-refractivity contribution is 0.574. The van der Waals surface area contributed by atoms with Crippen LogP contribution >= 0.6 is 11.3 Å². The quantitative estimate of drug-likeness (QED) is 0.295. The molecule has 4 aromatic rings. The number of hydrogen-bond acceptors (Lipinski definition) is 11. The van der Waals surface area contributed by atoms with Crippen LogP contribution in [0.1, 0.15) is 6.42 Å². The second-order valence-corrected chi connectivity index (χ2v) is 12.2. The molecule has 0 saturated carbocycles. The van der Waals surface area contributed by atoms with E-state index in [-0.39, 0.29) is 17.9 Å². The van der Waals surface area contributed by atoms with Crippen LogP contribution < -0.4 is 16.2 Å². The number of H-pyrrole nitrogens is 1. The summed E-state index contributed by atoms with van der Waals surface area (Å²) in [7, 11) is -8.59. The highest BCUT2D eigenvalue weighted by Gasteiger charge is 2.37. The maximum atomic E-state index is 13.4. The van der Waals surface area contributed by atoms with Crippen molar-refractivity contribution in [1.82, 2.24) is 30.9 Å². The molecule has 0 amide bonds. The van der Waals surface area contributed by atoms with Crippen LogP contribution in [0.4, 0.5) is 5.13 Å². The van der Waals surface area contributed by atoms with E-state index < -0.39 is 34.9 Å². The van der Waals surface area contributed by atoms with Crippen molar-refractivity contribution >= 4 is 46.5 Å². The van der Waals surface area contributed by atoms with Gasteiger partial charge in [-0.15, -0.1) is 10.2 Å². The predicted molar refractivity (Wildman–Crippen MR) is 122 cm³/mol. The first-order valence-electron chi connectivity index (χ1n) is 9.71. The number of rotatable bonds is 5. The summed E-state index contributed by atoms with van der Waals surface area (Å²) in [6, 6.07) is 8.09. The van der Waals surface area contributed by atoms with E-state index in [1.807, 2.05) is 6.07 Å². The Bertz CT molecular complexity index is 1570. The van der Waals surface area contributed by atoms with Crippen molar-refractivity contribution in [2.75, 3.05) is 18.8 Å². The van der Waals surface area contributed by atoms with Crippen LogP contribution in [0.5, 0.6) is 0 Å². The van der Waals surface area contributed by atoms with Gasteiger partial charge in [-0.05, 0) is 35.9 Å². The Morgan fingerprint density at radius 2 is 1.91 bits per heavy atom. The number of fused-ring (bicyclic) bond motifs is 1. The molecule has 33 heavy (non-hydrogen) atoms. The minimum Gasteiger partial charge on any atom is -0.375 e. The van der Waals surface area contributed by atoms with Crippen molar-refractivity contribution in [1.29, 1.82) is 0 Å². The van der Waals surface area contributed by atoms with Gasteiger partial charge in [0, 0.05) is 12.1 Å². The number of aromatic amines is 1. The van der Waals surface area contributed by atoms with Gasteiger partial charge in [-0.2, -0.15) is 5.21 Å². The molecule has 6 N–H and O–H groups in total. The van der Waals surface area contributed by atoms with Gasteiger partial charge in [-0.3, -0.25) is 0 Å². The molecule has 1 fully saturated rings. The number of aromatic nitrogens is 5. The van der Waals surface area contributed by atoms with Gasteiger partial charge in [0.25, 0.3) is 0 Å². The molecule has 0 aliphatic carbocycles. The third-order valence-corrected chi connectivity index (χ3v) is 9.67. The maximum absolute atomic E-state index is 13.4.